The van der Waals surface area contributed by atoms with Crippen LogP contribution in [0.4, 0.5) is 5.69 Å². The fourth-order valence-electron chi connectivity index (χ4n) is 2.38. The fourth-order valence-corrected chi connectivity index (χ4v) is 2.38. The van der Waals surface area contributed by atoms with Crippen LogP contribution in [0.25, 0.3) is 0 Å². The number of hydrogen-bond donors (Lipinski definition) is 1. The Balaban J connectivity index is 1.69. The van der Waals surface area contributed by atoms with Crippen LogP contribution in [0.1, 0.15) is 10.4 Å². The van der Waals surface area contributed by atoms with Crippen LogP contribution in [0.5, 0.6) is 5.75 Å². The summed E-state index contributed by atoms with van der Waals surface area (Å²) in [4.78, 5) is 25.9. The summed E-state index contributed by atoms with van der Waals surface area (Å²) in [6.45, 7) is 0.130. The van der Waals surface area contributed by atoms with Gasteiger partial charge in [0.25, 0.3) is 11.8 Å². The minimum Gasteiger partial charge on any atom is -0.477 e. The Hall–Kier alpha value is -2.82. The van der Waals surface area contributed by atoms with Crippen LogP contribution in [0, 0.1) is 0 Å². The Morgan fingerprint density at radius 3 is 2.59 bits per heavy atom. The van der Waals surface area contributed by atoms with Crippen LogP contribution in [0.3, 0.4) is 0 Å². The highest BCUT2D eigenvalue weighted by Crippen LogP contribution is 2.32. The second-order valence-electron chi connectivity index (χ2n) is 5.05. The maximum Gasteiger partial charge on any atom is 0.269 e. The van der Waals surface area contributed by atoms with E-state index in [2.05, 4.69) is 5.32 Å². The zero-order chi connectivity index (χ0) is 15.5. The van der Waals surface area contributed by atoms with E-state index < -0.39 is 6.10 Å². The molecule has 0 saturated carbocycles. The van der Waals surface area contributed by atoms with Crippen molar-refractivity contribution in [2.45, 2.75) is 6.10 Å². The molecule has 3 rings (SSSR count). The highest BCUT2D eigenvalue weighted by molar-refractivity contribution is 6.00. The number of fused-ring (bicyclic) bond motifs is 1. The fraction of sp³-hybridized carbons (Fsp3) is 0.176. The summed E-state index contributed by atoms with van der Waals surface area (Å²) in [5.41, 5.74) is 1.29. The number of carbonyl (C=O) groups excluding carboxylic acids is 2. The van der Waals surface area contributed by atoms with Gasteiger partial charge in [-0.1, -0.05) is 30.3 Å². The highest BCUT2D eigenvalue weighted by Gasteiger charge is 2.32. The molecule has 5 nitrogen and oxygen atoms in total. The van der Waals surface area contributed by atoms with Crippen molar-refractivity contribution < 1.29 is 14.3 Å². The third-order valence-electron chi connectivity index (χ3n) is 3.59. The number of anilines is 1. The van der Waals surface area contributed by atoms with E-state index in [-0.39, 0.29) is 18.4 Å². The first kappa shape index (κ1) is 14.1. The number of nitrogens with zero attached hydrogens (tertiary/aromatic N) is 1. The summed E-state index contributed by atoms with van der Waals surface area (Å²) in [6.07, 6.45) is -0.715. The molecule has 0 aromatic heterocycles. The molecule has 0 fully saturated rings. The largest absolute Gasteiger partial charge is 0.477 e. The molecule has 2 amide bonds. The number of benzene rings is 2. The van der Waals surface area contributed by atoms with E-state index in [1.807, 2.05) is 30.3 Å². The maximum atomic E-state index is 12.3. The number of nitrogens with one attached hydrogen (secondary N) is 1. The zero-order valence-electron chi connectivity index (χ0n) is 12.2. The maximum absolute atomic E-state index is 12.3. The molecule has 0 aliphatic carbocycles. The van der Waals surface area contributed by atoms with E-state index in [1.54, 1.807) is 36.2 Å². The average molecular weight is 296 g/mol. The predicted molar refractivity (Wildman–Crippen MR) is 83.0 cm³/mol. The minimum atomic E-state index is -0.715. The Bertz CT molecular complexity index is 700. The molecular weight excluding hydrogens is 280 g/mol. The van der Waals surface area contributed by atoms with Gasteiger partial charge in [-0.2, -0.15) is 0 Å². The van der Waals surface area contributed by atoms with Crippen molar-refractivity contribution in [3.05, 3.63) is 60.2 Å². The predicted octanol–water partition coefficient (Wildman–Crippen LogP) is 1.84. The van der Waals surface area contributed by atoms with Gasteiger partial charge < -0.3 is 15.0 Å². The first-order chi connectivity index (χ1) is 10.7. The van der Waals surface area contributed by atoms with Gasteiger partial charge in [0.15, 0.2) is 6.10 Å². The van der Waals surface area contributed by atoms with Gasteiger partial charge >= 0.3 is 0 Å². The first-order valence-corrected chi connectivity index (χ1v) is 7.03. The number of amides is 2. The van der Waals surface area contributed by atoms with Crippen LogP contribution >= 0.6 is 0 Å². The normalized spacial score (nSPS) is 16.7. The second-order valence-corrected chi connectivity index (χ2v) is 5.05. The summed E-state index contributed by atoms with van der Waals surface area (Å²) in [5, 5.41) is 2.74. The Kier molecular flexibility index (Phi) is 3.78. The molecule has 1 heterocycles. The zero-order valence-corrected chi connectivity index (χ0v) is 12.2. The van der Waals surface area contributed by atoms with Crippen LogP contribution < -0.4 is 15.0 Å². The van der Waals surface area contributed by atoms with Gasteiger partial charge in [-0.25, -0.2) is 0 Å². The molecule has 0 radical (unpaired) electrons. The molecule has 0 saturated heterocycles. The van der Waals surface area contributed by atoms with Crippen molar-refractivity contribution in [2.75, 3.05) is 18.5 Å². The van der Waals surface area contributed by atoms with Crippen molar-refractivity contribution in [3.63, 3.8) is 0 Å². The summed E-state index contributed by atoms with van der Waals surface area (Å²) in [5.74, 6) is 0.245. The third kappa shape index (κ3) is 2.65. The van der Waals surface area contributed by atoms with Crippen molar-refractivity contribution in [1.29, 1.82) is 0 Å². The molecule has 112 valence electrons. The molecular formula is C17H16N2O3. The lowest BCUT2D eigenvalue weighted by molar-refractivity contribution is -0.125. The lowest BCUT2D eigenvalue weighted by Gasteiger charge is -2.31. The van der Waals surface area contributed by atoms with Crippen molar-refractivity contribution in [3.8, 4) is 5.75 Å². The average Bonchev–Trinajstić information content (AvgIpc) is 2.57. The minimum absolute atomic E-state index is 0.130. The lowest BCUT2D eigenvalue weighted by atomic mass is 10.1. The van der Waals surface area contributed by atoms with E-state index in [4.69, 9.17) is 4.74 Å². The summed E-state index contributed by atoms with van der Waals surface area (Å²) in [6, 6.07) is 16.2. The van der Waals surface area contributed by atoms with Gasteiger partial charge in [0, 0.05) is 12.6 Å². The van der Waals surface area contributed by atoms with Gasteiger partial charge in [-0.05, 0) is 24.3 Å². The smallest absolute Gasteiger partial charge is 0.269 e. The van der Waals surface area contributed by atoms with Gasteiger partial charge in [-0.3, -0.25) is 9.59 Å². The molecule has 5 heteroatoms. The number of hydrogen-bond acceptors (Lipinski definition) is 3. The lowest BCUT2D eigenvalue weighted by Crippen LogP contribution is -2.49. The molecule has 22 heavy (non-hydrogen) atoms. The van der Waals surface area contributed by atoms with E-state index in [9.17, 15) is 9.59 Å². The molecule has 2 aromatic rings. The van der Waals surface area contributed by atoms with Gasteiger partial charge in [0.2, 0.25) is 0 Å². The first-order valence-electron chi connectivity index (χ1n) is 7.03. The molecule has 0 bridgehead atoms. The Morgan fingerprint density at radius 1 is 1.14 bits per heavy atom. The molecule has 1 atom stereocenters. The Labute approximate surface area is 128 Å². The monoisotopic (exact) mass is 296 g/mol. The molecule has 1 unspecified atom stereocenters. The standard InChI is InChI=1S/C17H16N2O3/c1-19-13-9-5-6-10-14(13)22-15(17(19)21)11-18-16(20)12-7-3-2-4-8-12/h2-10,15H,11H2,1H3,(H,18,20). The SMILES string of the molecule is CN1C(=O)C(CNC(=O)c2ccccc2)Oc2ccccc21. The number of para-hydroxylation sites is 2. The number of rotatable bonds is 3. The van der Waals surface area contributed by atoms with Crippen LogP contribution in [0.2, 0.25) is 0 Å². The van der Waals surface area contributed by atoms with Crippen molar-refractivity contribution in [2.24, 2.45) is 0 Å². The summed E-state index contributed by atoms with van der Waals surface area (Å²) < 4.78 is 5.69. The molecule has 1 aliphatic heterocycles. The summed E-state index contributed by atoms with van der Waals surface area (Å²) >= 11 is 0. The molecule has 0 spiro atoms. The molecule has 2 aromatic carbocycles. The van der Waals surface area contributed by atoms with Crippen molar-refractivity contribution in [1.82, 2.24) is 5.32 Å². The van der Waals surface area contributed by atoms with E-state index in [0.29, 0.717) is 11.3 Å². The number of carbonyl (C=O) groups is 2. The quantitative estimate of drug-likeness (QED) is 0.940. The highest BCUT2D eigenvalue weighted by atomic mass is 16.5. The van der Waals surface area contributed by atoms with Crippen molar-refractivity contribution >= 4 is 17.5 Å². The topological polar surface area (TPSA) is 58.6 Å². The second kappa shape index (κ2) is 5.89. The van der Waals surface area contributed by atoms with Crippen LogP contribution in [-0.4, -0.2) is 31.5 Å². The molecule has 1 N–H and O–H groups in total. The summed E-state index contributed by atoms with van der Waals surface area (Å²) in [7, 11) is 1.70. The van der Waals surface area contributed by atoms with Crippen LogP contribution in [-0.2, 0) is 4.79 Å². The van der Waals surface area contributed by atoms with Gasteiger partial charge in [-0.15, -0.1) is 0 Å². The van der Waals surface area contributed by atoms with Gasteiger partial charge in [0.1, 0.15) is 5.75 Å². The van der Waals surface area contributed by atoms with Gasteiger partial charge in [0.05, 0.1) is 12.2 Å². The number of ether oxygens (including phenoxy) is 1. The van der Waals surface area contributed by atoms with Crippen LogP contribution in [0.15, 0.2) is 54.6 Å². The molecule has 1 aliphatic rings. The third-order valence-corrected chi connectivity index (χ3v) is 3.59. The Morgan fingerprint density at radius 2 is 1.82 bits per heavy atom. The van der Waals surface area contributed by atoms with E-state index in [1.165, 1.54) is 0 Å². The number of likely N-dealkylation sites (N-methyl/N-ethyl adjacent to an activating group) is 1. The van der Waals surface area contributed by atoms with E-state index >= 15 is 0 Å². The van der Waals surface area contributed by atoms with E-state index in [0.717, 1.165) is 5.69 Å².